The average molecular weight is 374 g/mol. The van der Waals surface area contributed by atoms with Gasteiger partial charge >= 0.3 is 0 Å². The Bertz CT molecular complexity index is 768. The molecule has 0 bridgehead atoms. The summed E-state index contributed by atoms with van der Waals surface area (Å²) in [5, 5.41) is 4.09. The maximum Gasteiger partial charge on any atom is 0.162 e. The summed E-state index contributed by atoms with van der Waals surface area (Å²) in [4.78, 5) is 0. The fourth-order valence-corrected chi connectivity index (χ4v) is 2.46. The van der Waals surface area contributed by atoms with Crippen LogP contribution in [0.3, 0.4) is 0 Å². The Morgan fingerprint density at radius 2 is 1.83 bits per heavy atom. The second-order valence-electron chi connectivity index (χ2n) is 5.02. The van der Waals surface area contributed by atoms with Gasteiger partial charge in [-0.3, -0.25) is 0 Å². The van der Waals surface area contributed by atoms with Crippen molar-refractivity contribution >= 4 is 15.9 Å². The van der Waals surface area contributed by atoms with E-state index in [2.05, 4.69) is 21.1 Å². The van der Waals surface area contributed by atoms with Gasteiger partial charge in [-0.1, -0.05) is 45.4 Å². The van der Waals surface area contributed by atoms with Crippen LogP contribution in [0, 0.1) is 0 Å². The first-order chi connectivity index (χ1) is 11.3. The number of nitrogens with zero attached hydrogens (tertiary/aromatic N) is 1. The van der Waals surface area contributed by atoms with Crippen LogP contribution in [0.15, 0.2) is 63.6 Å². The number of halogens is 1. The molecule has 23 heavy (non-hydrogen) atoms. The lowest BCUT2D eigenvalue weighted by atomic mass is 10.1. The summed E-state index contributed by atoms with van der Waals surface area (Å²) < 4.78 is 17.3. The fraction of sp³-hybridized carbons (Fsp3) is 0.167. The van der Waals surface area contributed by atoms with Crippen LogP contribution in [0.5, 0.6) is 5.75 Å². The molecule has 2 aromatic carbocycles. The first-order valence-corrected chi connectivity index (χ1v) is 7.97. The smallest absolute Gasteiger partial charge is 0.162 e. The molecule has 118 valence electrons. The molecule has 0 fully saturated rings. The predicted octanol–water partition coefficient (Wildman–Crippen LogP) is 4.83. The Kier molecular flexibility index (Phi) is 5.10. The van der Waals surface area contributed by atoms with E-state index in [9.17, 15) is 0 Å². The highest BCUT2D eigenvalue weighted by atomic mass is 79.9. The van der Waals surface area contributed by atoms with Crippen molar-refractivity contribution in [2.24, 2.45) is 0 Å². The Labute approximate surface area is 143 Å². The summed E-state index contributed by atoms with van der Waals surface area (Å²) in [6.45, 7) is 0.891. The van der Waals surface area contributed by atoms with Gasteiger partial charge in [0.2, 0.25) is 0 Å². The summed E-state index contributed by atoms with van der Waals surface area (Å²) in [6.07, 6.45) is 0. The van der Waals surface area contributed by atoms with Crippen molar-refractivity contribution < 1.29 is 14.0 Å². The van der Waals surface area contributed by atoms with Crippen molar-refractivity contribution in [2.75, 3.05) is 7.11 Å². The normalized spacial score (nSPS) is 10.7. The van der Waals surface area contributed by atoms with Gasteiger partial charge in [0, 0.05) is 23.2 Å². The second kappa shape index (κ2) is 7.44. The van der Waals surface area contributed by atoms with Crippen LogP contribution in [0.4, 0.5) is 0 Å². The van der Waals surface area contributed by atoms with Crippen molar-refractivity contribution in [1.82, 2.24) is 5.16 Å². The van der Waals surface area contributed by atoms with Gasteiger partial charge in [-0.2, -0.15) is 0 Å². The van der Waals surface area contributed by atoms with E-state index in [-0.39, 0.29) is 0 Å². The quantitative estimate of drug-likeness (QED) is 0.620. The molecular weight excluding hydrogens is 358 g/mol. The zero-order valence-corrected chi connectivity index (χ0v) is 14.2. The number of benzene rings is 2. The zero-order chi connectivity index (χ0) is 16.1. The molecule has 4 nitrogen and oxygen atoms in total. The largest absolute Gasteiger partial charge is 0.488 e. The van der Waals surface area contributed by atoms with Crippen LogP contribution < -0.4 is 4.74 Å². The highest BCUT2D eigenvalue weighted by Crippen LogP contribution is 2.30. The third-order valence-corrected chi connectivity index (χ3v) is 3.84. The van der Waals surface area contributed by atoms with Crippen LogP contribution in [-0.2, 0) is 18.0 Å². The minimum atomic E-state index is 0.398. The molecule has 0 saturated carbocycles. The minimum Gasteiger partial charge on any atom is -0.488 e. The molecule has 1 heterocycles. The van der Waals surface area contributed by atoms with Crippen molar-refractivity contribution in [2.45, 2.75) is 13.2 Å². The summed E-state index contributed by atoms with van der Waals surface area (Å²) in [5.41, 5.74) is 2.74. The highest BCUT2D eigenvalue weighted by Gasteiger charge is 2.11. The van der Waals surface area contributed by atoms with E-state index in [1.807, 2.05) is 54.6 Å². The molecule has 0 aliphatic rings. The van der Waals surface area contributed by atoms with Crippen molar-refractivity contribution in [3.05, 3.63) is 70.4 Å². The summed E-state index contributed by atoms with van der Waals surface area (Å²) in [5.74, 6) is 1.46. The molecule has 0 amide bonds. The van der Waals surface area contributed by atoms with Gasteiger partial charge in [-0.25, -0.2) is 0 Å². The molecule has 0 unspecified atom stereocenters. The molecule has 3 rings (SSSR count). The lowest BCUT2D eigenvalue weighted by molar-refractivity contribution is 0.156. The molecule has 0 N–H and O–H groups in total. The lowest BCUT2D eigenvalue weighted by Gasteiger charge is -2.10. The predicted molar refractivity (Wildman–Crippen MR) is 91.1 cm³/mol. The first-order valence-electron chi connectivity index (χ1n) is 7.17. The van der Waals surface area contributed by atoms with Crippen LogP contribution in [0.25, 0.3) is 11.3 Å². The van der Waals surface area contributed by atoms with Crippen molar-refractivity contribution in [3.8, 4) is 17.0 Å². The fourth-order valence-electron chi connectivity index (χ4n) is 2.20. The van der Waals surface area contributed by atoms with Crippen molar-refractivity contribution in [1.29, 1.82) is 0 Å². The number of hydrogen-bond donors (Lipinski definition) is 0. The van der Waals surface area contributed by atoms with Crippen LogP contribution in [0.1, 0.15) is 11.3 Å². The minimum absolute atomic E-state index is 0.398. The molecule has 0 atom stereocenters. The van der Waals surface area contributed by atoms with E-state index >= 15 is 0 Å². The number of methoxy groups -OCH3 is 1. The molecule has 0 aliphatic carbocycles. The molecule has 5 heteroatoms. The van der Waals surface area contributed by atoms with Gasteiger partial charge in [-0.15, -0.1) is 0 Å². The van der Waals surface area contributed by atoms with Gasteiger partial charge in [-0.05, 0) is 29.8 Å². The Hall–Kier alpha value is -2.11. The summed E-state index contributed by atoms with van der Waals surface area (Å²) >= 11 is 3.43. The molecule has 0 spiro atoms. The number of para-hydroxylation sites is 1. The number of rotatable bonds is 6. The van der Waals surface area contributed by atoms with Gasteiger partial charge < -0.3 is 14.0 Å². The van der Waals surface area contributed by atoms with E-state index in [4.69, 9.17) is 14.0 Å². The summed E-state index contributed by atoms with van der Waals surface area (Å²) in [6, 6.07) is 17.7. The molecule has 0 aliphatic heterocycles. The molecule has 0 radical (unpaired) electrons. The Balaban J connectivity index is 1.78. The van der Waals surface area contributed by atoms with E-state index in [0.29, 0.717) is 19.0 Å². The topological polar surface area (TPSA) is 44.5 Å². The van der Waals surface area contributed by atoms with E-state index in [1.165, 1.54) is 0 Å². The molecule has 0 saturated heterocycles. The van der Waals surface area contributed by atoms with Crippen molar-refractivity contribution in [3.63, 3.8) is 0 Å². The van der Waals surface area contributed by atoms with Gasteiger partial charge in [0.25, 0.3) is 0 Å². The second-order valence-corrected chi connectivity index (χ2v) is 5.94. The van der Waals surface area contributed by atoms with Gasteiger partial charge in [0.05, 0.1) is 0 Å². The third-order valence-electron chi connectivity index (χ3n) is 3.32. The maximum absolute atomic E-state index is 5.96. The van der Waals surface area contributed by atoms with E-state index in [0.717, 1.165) is 27.0 Å². The number of aromatic nitrogens is 1. The zero-order valence-electron chi connectivity index (χ0n) is 12.7. The van der Waals surface area contributed by atoms with E-state index < -0.39 is 0 Å². The molecular formula is C18H16BrNO3. The average Bonchev–Trinajstić information content (AvgIpc) is 3.03. The number of hydrogen-bond acceptors (Lipinski definition) is 4. The Morgan fingerprint density at radius 1 is 1.04 bits per heavy atom. The van der Waals surface area contributed by atoms with Crippen LogP contribution >= 0.6 is 15.9 Å². The Morgan fingerprint density at radius 3 is 2.61 bits per heavy atom. The van der Waals surface area contributed by atoms with Gasteiger partial charge in [0.1, 0.15) is 24.7 Å². The van der Waals surface area contributed by atoms with Crippen LogP contribution in [-0.4, -0.2) is 12.3 Å². The maximum atomic E-state index is 5.96. The monoisotopic (exact) mass is 373 g/mol. The lowest BCUT2D eigenvalue weighted by Crippen LogP contribution is -1.96. The molecule has 3 aromatic rings. The SMILES string of the molecule is COCc1cc(-c2ccccc2OCc2ccc(Br)cc2)no1. The summed E-state index contributed by atoms with van der Waals surface area (Å²) in [7, 11) is 1.62. The van der Waals surface area contributed by atoms with Crippen LogP contribution in [0.2, 0.25) is 0 Å². The standard InChI is InChI=1S/C18H16BrNO3/c1-21-12-15-10-17(20-23-15)16-4-2-3-5-18(16)22-11-13-6-8-14(19)9-7-13/h2-10H,11-12H2,1H3. The van der Waals surface area contributed by atoms with Gasteiger partial charge in [0.15, 0.2) is 5.76 Å². The van der Waals surface area contributed by atoms with E-state index in [1.54, 1.807) is 7.11 Å². The first kappa shape index (κ1) is 15.8. The number of ether oxygens (including phenoxy) is 2. The third kappa shape index (κ3) is 4.00. The molecule has 1 aromatic heterocycles. The highest BCUT2D eigenvalue weighted by molar-refractivity contribution is 9.10.